The Morgan fingerprint density at radius 3 is 2.85 bits per heavy atom. The molecule has 0 bridgehead atoms. The SMILES string of the molecule is CCn1c(=O)c2cnc(Nc3ccc4c(c3)CNCC4)nc2n1-c1cccc(C(C)(C)C#N)c1. The summed E-state index contributed by atoms with van der Waals surface area (Å²) in [6.07, 6.45) is 2.61. The summed E-state index contributed by atoms with van der Waals surface area (Å²) in [5.41, 5.74) is 4.91. The number of anilines is 2. The van der Waals surface area contributed by atoms with E-state index in [1.807, 2.05) is 55.8 Å². The molecule has 0 saturated carbocycles. The van der Waals surface area contributed by atoms with E-state index in [0.717, 1.165) is 36.4 Å². The number of hydrogen-bond donors (Lipinski definition) is 2. The van der Waals surface area contributed by atoms with Gasteiger partial charge in [0, 0.05) is 25.0 Å². The van der Waals surface area contributed by atoms with Crippen LogP contribution in [0, 0.1) is 11.3 Å². The highest BCUT2D eigenvalue weighted by atomic mass is 16.1. The van der Waals surface area contributed by atoms with Crippen LogP contribution in [0.1, 0.15) is 37.5 Å². The van der Waals surface area contributed by atoms with E-state index in [1.54, 1.807) is 10.9 Å². The number of nitrogens with one attached hydrogen (secondary N) is 2. The molecule has 8 heteroatoms. The standard InChI is InChI=1S/C26H27N7O/c1-4-32-24(34)22-15-29-25(30-20-9-8-17-10-11-28-14-18(17)12-20)31-23(22)33(32)21-7-5-6-19(13-21)26(2,3)16-27/h5-9,12-13,15,28H,4,10-11,14H2,1-3H3,(H,29,30,31). The summed E-state index contributed by atoms with van der Waals surface area (Å²) < 4.78 is 3.46. The lowest BCUT2D eigenvalue weighted by molar-refractivity contribution is 0.573. The number of hydrogen-bond acceptors (Lipinski definition) is 6. The molecule has 0 unspecified atom stereocenters. The third kappa shape index (κ3) is 3.74. The second-order valence-electron chi connectivity index (χ2n) is 9.09. The Morgan fingerprint density at radius 1 is 1.21 bits per heavy atom. The third-order valence-electron chi connectivity index (χ3n) is 6.42. The molecular weight excluding hydrogens is 426 g/mol. The molecule has 0 spiro atoms. The zero-order chi connectivity index (χ0) is 23.9. The summed E-state index contributed by atoms with van der Waals surface area (Å²) in [6.45, 7) is 8.00. The average molecular weight is 454 g/mol. The van der Waals surface area contributed by atoms with Gasteiger partial charge < -0.3 is 10.6 Å². The number of nitrogens with zero attached hydrogens (tertiary/aromatic N) is 5. The van der Waals surface area contributed by atoms with Gasteiger partial charge in [0.1, 0.15) is 5.39 Å². The monoisotopic (exact) mass is 453 g/mol. The molecule has 0 atom stereocenters. The fourth-order valence-corrected chi connectivity index (χ4v) is 4.41. The van der Waals surface area contributed by atoms with Crippen LogP contribution in [0.3, 0.4) is 0 Å². The van der Waals surface area contributed by atoms with Crippen molar-refractivity contribution in [2.24, 2.45) is 0 Å². The molecule has 8 nitrogen and oxygen atoms in total. The van der Waals surface area contributed by atoms with Crippen molar-refractivity contribution in [3.8, 4) is 11.8 Å². The number of fused-ring (bicyclic) bond motifs is 2. The lowest BCUT2D eigenvalue weighted by Crippen LogP contribution is -2.23. The zero-order valence-corrected chi connectivity index (χ0v) is 19.6. The van der Waals surface area contributed by atoms with Gasteiger partial charge in [0.2, 0.25) is 5.95 Å². The highest BCUT2D eigenvalue weighted by Crippen LogP contribution is 2.26. The number of aromatic nitrogens is 4. The molecule has 0 fully saturated rings. The molecule has 0 amide bonds. The molecule has 4 aromatic rings. The Labute approximate surface area is 197 Å². The molecule has 0 saturated heterocycles. The Hall–Kier alpha value is -3.96. The number of benzene rings is 2. The van der Waals surface area contributed by atoms with Gasteiger partial charge in [-0.05, 0) is 74.7 Å². The van der Waals surface area contributed by atoms with E-state index < -0.39 is 5.41 Å². The van der Waals surface area contributed by atoms with E-state index in [1.165, 1.54) is 11.1 Å². The van der Waals surface area contributed by atoms with Crippen LogP contribution in [-0.2, 0) is 24.9 Å². The maximum absolute atomic E-state index is 13.1. The first-order valence-corrected chi connectivity index (χ1v) is 11.5. The van der Waals surface area contributed by atoms with Crippen molar-refractivity contribution >= 4 is 22.7 Å². The van der Waals surface area contributed by atoms with E-state index >= 15 is 0 Å². The molecule has 5 rings (SSSR count). The van der Waals surface area contributed by atoms with Crippen LogP contribution in [0.4, 0.5) is 11.6 Å². The van der Waals surface area contributed by atoms with Crippen molar-refractivity contribution in [2.75, 3.05) is 11.9 Å². The van der Waals surface area contributed by atoms with E-state index in [-0.39, 0.29) is 5.56 Å². The second-order valence-corrected chi connectivity index (χ2v) is 9.09. The first-order chi connectivity index (χ1) is 16.4. The topological polar surface area (TPSA) is 101 Å². The zero-order valence-electron chi connectivity index (χ0n) is 19.6. The van der Waals surface area contributed by atoms with Crippen molar-refractivity contribution in [1.82, 2.24) is 24.6 Å². The van der Waals surface area contributed by atoms with Gasteiger partial charge in [-0.15, -0.1) is 0 Å². The van der Waals surface area contributed by atoms with Gasteiger partial charge in [0.25, 0.3) is 5.56 Å². The fraction of sp³-hybridized carbons (Fsp3) is 0.308. The van der Waals surface area contributed by atoms with Crippen LogP contribution in [0.2, 0.25) is 0 Å². The predicted molar refractivity (Wildman–Crippen MR) is 133 cm³/mol. The van der Waals surface area contributed by atoms with Crippen molar-refractivity contribution in [1.29, 1.82) is 5.26 Å². The van der Waals surface area contributed by atoms with Gasteiger partial charge in [-0.3, -0.25) is 4.79 Å². The van der Waals surface area contributed by atoms with E-state index in [2.05, 4.69) is 33.8 Å². The molecule has 1 aliphatic heterocycles. The van der Waals surface area contributed by atoms with Crippen molar-refractivity contribution in [3.63, 3.8) is 0 Å². The van der Waals surface area contributed by atoms with Gasteiger partial charge >= 0.3 is 0 Å². The highest BCUT2D eigenvalue weighted by Gasteiger charge is 2.22. The minimum absolute atomic E-state index is 0.145. The van der Waals surface area contributed by atoms with Crippen LogP contribution in [-0.4, -0.2) is 25.9 Å². The normalized spacial score (nSPS) is 13.5. The molecule has 0 aliphatic carbocycles. The van der Waals surface area contributed by atoms with Gasteiger partial charge in [-0.2, -0.15) is 10.2 Å². The molecule has 3 heterocycles. The van der Waals surface area contributed by atoms with E-state index in [0.29, 0.717) is 23.5 Å². The molecule has 2 aromatic heterocycles. The van der Waals surface area contributed by atoms with E-state index in [4.69, 9.17) is 4.98 Å². The molecule has 2 N–H and O–H groups in total. The lowest BCUT2D eigenvalue weighted by atomic mass is 9.86. The van der Waals surface area contributed by atoms with Crippen LogP contribution in [0.15, 0.2) is 53.5 Å². The minimum Gasteiger partial charge on any atom is -0.324 e. The van der Waals surface area contributed by atoms with Gasteiger partial charge in [-0.1, -0.05) is 18.2 Å². The highest BCUT2D eigenvalue weighted by molar-refractivity contribution is 5.77. The van der Waals surface area contributed by atoms with Crippen molar-refractivity contribution < 1.29 is 0 Å². The summed E-state index contributed by atoms with van der Waals surface area (Å²) in [5, 5.41) is 16.7. The summed E-state index contributed by atoms with van der Waals surface area (Å²) in [7, 11) is 0. The molecule has 172 valence electrons. The Bertz CT molecular complexity index is 1490. The van der Waals surface area contributed by atoms with Crippen LogP contribution in [0.25, 0.3) is 16.7 Å². The molecule has 2 aromatic carbocycles. The summed E-state index contributed by atoms with van der Waals surface area (Å²) >= 11 is 0. The third-order valence-corrected chi connectivity index (χ3v) is 6.42. The van der Waals surface area contributed by atoms with E-state index in [9.17, 15) is 10.1 Å². The Kier molecular flexibility index (Phi) is 5.42. The maximum Gasteiger partial charge on any atom is 0.278 e. The summed E-state index contributed by atoms with van der Waals surface area (Å²) in [4.78, 5) is 22.3. The quantitative estimate of drug-likeness (QED) is 0.477. The number of rotatable bonds is 5. The maximum atomic E-state index is 13.1. The molecular formula is C26H27N7O. The largest absolute Gasteiger partial charge is 0.324 e. The first kappa shape index (κ1) is 21.9. The second kappa shape index (κ2) is 8.43. The van der Waals surface area contributed by atoms with Gasteiger partial charge in [0.15, 0.2) is 5.65 Å². The van der Waals surface area contributed by atoms with Gasteiger partial charge in [-0.25, -0.2) is 14.3 Å². The Morgan fingerprint density at radius 2 is 2.06 bits per heavy atom. The van der Waals surface area contributed by atoms with Crippen LogP contribution >= 0.6 is 0 Å². The van der Waals surface area contributed by atoms with Crippen LogP contribution < -0.4 is 16.2 Å². The predicted octanol–water partition coefficient (Wildman–Crippen LogP) is 3.79. The first-order valence-electron chi connectivity index (χ1n) is 11.5. The average Bonchev–Trinajstić information content (AvgIpc) is 3.14. The smallest absolute Gasteiger partial charge is 0.278 e. The summed E-state index contributed by atoms with van der Waals surface area (Å²) in [5.74, 6) is 0.423. The van der Waals surface area contributed by atoms with Crippen molar-refractivity contribution in [3.05, 3.63) is 75.7 Å². The van der Waals surface area contributed by atoms with Crippen LogP contribution in [0.5, 0.6) is 0 Å². The fourth-order valence-electron chi connectivity index (χ4n) is 4.41. The lowest BCUT2D eigenvalue weighted by Gasteiger charge is -2.18. The minimum atomic E-state index is -0.653. The molecule has 34 heavy (non-hydrogen) atoms. The molecule has 0 radical (unpaired) electrons. The number of nitriles is 1. The van der Waals surface area contributed by atoms with Crippen molar-refractivity contribution in [2.45, 2.75) is 45.7 Å². The molecule has 1 aliphatic rings. The Balaban J connectivity index is 1.61. The van der Waals surface area contributed by atoms with Gasteiger partial charge in [0.05, 0.1) is 17.2 Å². The summed E-state index contributed by atoms with van der Waals surface area (Å²) in [6, 6.07) is 16.3.